The Balaban J connectivity index is 2.60. The number of benzene rings is 1. The van der Waals surface area contributed by atoms with Crippen LogP contribution in [0.5, 0.6) is 11.5 Å². The van der Waals surface area contributed by atoms with Gasteiger partial charge in [0.25, 0.3) is 5.56 Å². The van der Waals surface area contributed by atoms with Gasteiger partial charge in [-0.2, -0.15) is 8.78 Å². The number of hydrogen-bond acceptors (Lipinski definition) is 4. The van der Waals surface area contributed by atoms with E-state index >= 15 is 0 Å². The van der Waals surface area contributed by atoms with Gasteiger partial charge in [0.15, 0.2) is 11.5 Å². The van der Waals surface area contributed by atoms with E-state index in [-0.39, 0.29) is 22.9 Å². The number of aromatic nitrogens is 1. The SMILES string of the molecule is COc1cccn(-c2ccc(N)cc2OC(F)F)c1=O. The molecule has 0 aliphatic heterocycles. The summed E-state index contributed by atoms with van der Waals surface area (Å²) in [6, 6.07) is 7.17. The van der Waals surface area contributed by atoms with Crippen LogP contribution in [0.2, 0.25) is 0 Å². The van der Waals surface area contributed by atoms with Gasteiger partial charge >= 0.3 is 6.61 Å². The molecule has 1 heterocycles. The molecule has 0 spiro atoms. The summed E-state index contributed by atoms with van der Waals surface area (Å²) in [5, 5.41) is 0. The molecule has 2 rings (SSSR count). The number of pyridine rings is 1. The molecule has 7 heteroatoms. The molecule has 0 atom stereocenters. The van der Waals surface area contributed by atoms with E-state index in [4.69, 9.17) is 10.5 Å². The molecule has 0 unspecified atom stereocenters. The number of rotatable bonds is 4. The first kappa shape index (κ1) is 13.9. The summed E-state index contributed by atoms with van der Waals surface area (Å²) in [7, 11) is 1.35. The molecule has 0 aliphatic carbocycles. The Morgan fingerprint density at radius 1 is 1.25 bits per heavy atom. The molecular weight excluding hydrogens is 270 g/mol. The van der Waals surface area contributed by atoms with Crippen molar-refractivity contribution < 1.29 is 18.3 Å². The topological polar surface area (TPSA) is 66.5 Å². The normalized spacial score (nSPS) is 10.6. The Morgan fingerprint density at radius 3 is 2.65 bits per heavy atom. The van der Waals surface area contributed by atoms with Crippen LogP contribution in [-0.4, -0.2) is 18.3 Å². The van der Waals surface area contributed by atoms with Gasteiger partial charge < -0.3 is 15.2 Å². The Labute approximate surface area is 113 Å². The molecule has 2 N–H and O–H groups in total. The first-order valence-corrected chi connectivity index (χ1v) is 5.63. The molecule has 0 saturated heterocycles. The lowest BCUT2D eigenvalue weighted by molar-refractivity contribution is -0.0498. The predicted molar refractivity (Wildman–Crippen MR) is 69.6 cm³/mol. The van der Waals surface area contributed by atoms with Gasteiger partial charge in [0, 0.05) is 18.0 Å². The Kier molecular flexibility index (Phi) is 3.88. The van der Waals surface area contributed by atoms with Crippen LogP contribution in [0.3, 0.4) is 0 Å². The monoisotopic (exact) mass is 282 g/mol. The third-order valence-electron chi connectivity index (χ3n) is 2.59. The molecule has 0 radical (unpaired) electrons. The average molecular weight is 282 g/mol. The zero-order valence-corrected chi connectivity index (χ0v) is 10.5. The van der Waals surface area contributed by atoms with E-state index in [0.29, 0.717) is 0 Å². The lowest BCUT2D eigenvalue weighted by atomic mass is 10.2. The second kappa shape index (κ2) is 5.60. The van der Waals surface area contributed by atoms with Crippen molar-refractivity contribution in [3.05, 3.63) is 46.9 Å². The van der Waals surface area contributed by atoms with Crippen molar-refractivity contribution in [3.8, 4) is 17.2 Å². The van der Waals surface area contributed by atoms with Crippen LogP contribution in [0.4, 0.5) is 14.5 Å². The zero-order chi connectivity index (χ0) is 14.7. The number of methoxy groups -OCH3 is 1. The molecule has 5 nitrogen and oxygen atoms in total. The van der Waals surface area contributed by atoms with Crippen molar-refractivity contribution in [2.24, 2.45) is 0 Å². The van der Waals surface area contributed by atoms with Gasteiger partial charge in [0.1, 0.15) is 0 Å². The number of hydrogen-bond donors (Lipinski definition) is 1. The fourth-order valence-corrected chi connectivity index (χ4v) is 1.74. The number of nitrogens with two attached hydrogens (primary N) is 1. The van der Waals surface area contributed by atoms with Crippen LogP contribution in [0, 0.1) is 0 Å². The highest BCUT2D eigenvalue weighted by Gasteiger charge is 2.14. The van der Waals surface area contributed by atoms with Gasteiger partial charge in [-0.25, -0.2) is 0 Å². The van der Waals surface area contributed by atoms with Crippen molar-refractivity contribution >= 4 is 5.69 Å². The van der Waals surface area contributed by atoms with E-state index in [1.165, 1.54) is 37.6 Å². The van der Waals surface area contributed by atoms with Crippen molar-refractivity contribution in [1.82, 2.24) is 4.57 Å². The molecule has 20 heavy (non-hydrogen) atoms. The molecule has 0 fully saturated rings. The number of anilines is 1. The van der Waals surface area contributed by atoms with E-state index in [0.717, 1.165) is 4.57 Å². The summed E-state index contributed by atoms with van der Waals surface area (Å²) in [6.45, 7) is -3.02. The molecule has 1 aromatic carbocycles. The third-order valence-corrected chi connectivity index (χ3v) is 2.59. The molecule has 0 amide bonds. The van der Waals surface area contributed by atoms with Gasteiger partial charge in [0.2, 0.25) is 0 Å². The molecular formula is C13H12F2N2O3. The summed E-state index contributed by atoms with van der Waals surface area (Å²) >= 11 is 0. The van der Waals surface area contributed by atoms with E-state index in [9.17, 15) is 13.6 Å². The third kappa shape index (κ3) is 2.71. The van der Waals surface area contributed by atoms with Crippen molar-refractivity contribution in [2.75, 3.05) is 12.8 Å². The van der Waals surface area contributed by atoms with Crippen LogP contribution in [0.25, 0.3) is 5.69 Å². The standard InChI is InChI=1S/C13H12F2N2O3/c1-19-10-3-2-6-17(12(10)18)9-5-4-8(16)7-11(9)20-13(14)15/h2-7,13H,16H2,1H3. The summed E-state index contributed by atoms with van der Waals surface area (Å²) in [5.41, 5.74) is 5.46. The number of ether oxygens (including phenoxy) is 2. The largest absolute Gasteiger partial charge is 0.491 e. The zero-order valence-electron chi connectivity index (χ0n) is 10.5. The van der Waals surface area contributed by atoms with Crippen LogP contribution in [0.15, 0.2) is 41.3 Å². The first-order chi connectivity index (χ1) is 9.52. The van der Waals surface area contributed by atoms with Crippen LogP contribution < -0.4 is 20.8 Å². The van der Waals surface area contributed by atoms with E-state index in [1.807, 2.05) is 0 Å². The van der Waals surface area contributed by atoms with Crippen molar-refractivity contribution in [3.63, 3.8) is 0 Å². The first-order valence-electron chi connectivity index (χ1n) is 5.63. The number of nitrogens with zero attached hydrogens (tertiary/aromatic N) is 1. The van der Waals surface area contributed by atoms with E-state index in [1.54, 1.807) is 6.07 Å². The van der Waals surface area contributed by atoms with Crippen LogP contribution in [-0.2, 0) is 0 Å². The van der Waals surface area contributed by atoms with Gasteiger partial charge in [-0.15, -0.1) is 0 Å². The molecule has 0 aliphatic rings. The van der Waals surface area contributed by atoms with Gasteiger partial charge in [-0.05, 0) is 24.3 Å². The minimum Gasteiger partial charge on any atom is -0.491 e. The summed E-state index contributed by atoms with van der Waals surface area (Å²) in [5.74, 6) is -0.0947. The molecule has 106 valence electrons. The predicted octanol–water partition coefficient (Wildman–Crippen LogP) is 2.03. The fraction of sp³-hybridized carbons (Fsp3) is 0.154. The summed E-state index contributed by atoms with van der Waals surface area (Å²) < 4.78 is 35.3. The quantitative estimate of drug-likeness (QED) is 0.871. The van der Waals surface area contributed by atoms with Gasteiger partial charge in [-0.1, -0.05) is 0 Å². The average Bonchev–Trinajstić information content (AvgIpc) is 2.39. The van der Waals surface area contributed by atoms with E-state index < -0.39 is 12.2 Å². The smallest absolute Gasteiger partial charge is 0.387 e. The molecule has 0 saturated carbocycles. The highest BCUT2D eigenvalue weighted by molar-refractivity contribution is 5.56. The minimum absolute atomic E-state index is 0.0901. The minimum atomic E-state index is -3.02. The summed E-state index contributed by atoms with van der Waals surface area (Å²) in [6.07, 6.45) is 1.43. The highest BCUT2D eigenvalue weighted by Crippen LogP contribution is 2.26. The summed E-state index contributed by atoms with van der Waals surface area (Å²) in [4.78, 5) is 12.1. The lowest BCUT2D eigenvalue weighted by Gasteiger charge is -2.13. The molecule has 1 aromatic heterocycles. The van der Waals surface area contributed by atoms with Gasteiger partial charge in [0.05, 0.1) is 12.8 Å². The number of nitrogen functional groups attached to an aromatic ring is 1. The van der Waals surface area contributed by atoms with Gasteiger partial charge in [-0.3, -0.25) is 9.36 Å². The highest BCUT2D eigenvalue weighted by atomic mass is 19.3. The Hall–Kier alpha value is -2.57. The Bertz CT molecular complexity index is 671. The van der Waals surface area contributed by atoms with Crippen molar-refractivity contribution in [2.45, 2.75) is 6.61 Å². The molecule has 0 bridgehead atoms. The number of alkyl halides is 2. The van der Waals surface area contributed by atoms with E-state index in [2.05, 4.69) is 4.74 Å². The maximum absolute atomic E-state index is 12.4. The molecule has 2 aromatic rings. The second-order valence-electron chi connectivity index (χ2n) is 3.86. The second-order valence-corrected chi connectivity index (χ2v) is 3.86. The Morgan fingerprint density at radius 2 is 2.00 bits per heavy atom. The van der Waals surface area contributed by atoms with Crippen LogP contribution in [0.1, 0.15) is 0 Å². The van der Waals surface area contributed by atoms with Crippen LogP contribution >= 0.6 is 0 Å². The maximum atomic E-state index is 12.4. The lowest BCUT2D eigenvalue weighted by Crippen LogP contribution is -2.20. The maximum Gasteiger partial charge on any atom is 0.387 e. The fourth-order valence-electron chi connectivity index (χ4n) is 1.74. The van der Waals surface area contributed by atoms with Crippen molar-refractivity contribution in [1.29, 1.82) is 0 Å². The number of halogens is 2.